The second kappa shape index (κ2) is 8.57. The lowest BCUT2D eigenvalue weighted by Gasteiger charge is -2.32. The number of likely N-dealkylation sites (tertiary alicyclic amines) is 1. The Morgan fingerprint density at radius 2 is 2.10 bits per heavy atom. The van der Waals surface area contributed by atoms with Crippen LogP contribution in [0.15, 0.2) is 30.9 Å². The molecule has 8 nitrogen and oxygen atoms in total. The van der Waals surface area contributed by atoms with Crippen LogP contribution in [-0.4, -0.2) is 63.3 Å². The van der Waals surface area contributed by atoms with Crippen molar-refractivity contribution in [1.29, 1.82) is 0 Å². The van der Waals surface area contributed by atoms with E-state index in [1.807, 2.05) is 16.9 Å². The quantitative estimate of drug-likeness (QED) is 0.733. The lowest BCUT2D eigenvalue weighted by molar-refractivity contribution is -0.132. The Morgan fingerprint density at radius 3 is 2.84 bits per heavy atom. The molecule has 3 fully saturated rings. The van der Waals surface area contributed by atoms with Crippen LogP contribution in [0.2, 0.25) is 0 Å². The van der Waals surface area contributed by atoms with Crippen LogP contribution in [0.3, 0.4) is 0 Å². The first kappa shape index (κ1) is 20.4. The van der Waals surface area contributed by atoms with Gasteiger partial charge >= 0.3 is 0 Å². The second-order valence-electron chi connectivity index (χ2n) is 9.48. The summed E-state index contributed by atoms with van der Waals surface area (Å²) in [6.45, 7) is 8.18. The third kappa shape index (κ3) is 4.31. The van der Waals surface area contributed by atoms with Gasteiger partial charge in [0.15, 0.2) is 0 Å². The molecule has 0 radical (unpaired) electrons. The molecule has 4 heterocycles. The summed E-state index contributed by atoms with van der Waals surface area (Å²) < 4.78 is 1.98. The van der Waals surface area contributed by atoms with Gasteiger partial charge in [-0.25, -0.2) is 9.97 Å². The number of hydrogen-bond donors (Lipinski definition) is 1. The summed E-state index contributed by atoms with van der Waals surface area (Å²) in [6.07, 6.45) is 12.1. The Morgan fingerprint density at radius 1 is 1.26 bits per heavy atom. The van der Waals surface area contributed by atoms with E-state index < -0.39 is 0 Å². The number of nitrogens with one attached hydrogen (secondary N) is 1. The van der Waals surface area contributed by atoms with Crippen LogP contribution in [0.25, 0.3) is 0 Å². The average Bonchev–Trinajstić information content (AvgIpc) is 3.45. The van der Waals surface area contributed by atoms with Gasteiger partial charge in [0, 0.05) is 69.3 Å². The van der Waals surface area contributed by atoms with Crippen molar-refractivity contribution >= 4 is 11.9 Å². The van der Waals surface area contributed by atoms with Crippen molar-refractivity contribution in [2.75, 3.05) is 37.6 Å². The SMILES string of the molecule is CCn1cc(CN2CCC[C@@]3(C(=O)NCC4CC4)CN(c4ncccn4)C[C@@H]3C2)cn1. The number of nitrogens with zero attached hydrogens (tertiary/aromatic N) is 6. The smallest absolute Gasteiger partial charge is 0.228 e. The van der Waals surface area contributed by atoms with Crippen molar-refractivity contribution in [2.45, 2.75) is 45.7 Å². The predicted molar refractivity (Wildman–Crippen MR) is 118 cm³/mol. The molecule has 2 atom stereocenters. The van der Waals surface area contributed by atoms with Gasteiger partial charge in [-0.1, -0.05) is 0 Å². The summed E-state index contributed by atoms with van der Waals surface area (Å²) in [5, 5.41) is 7.75. The summed E-state index contributed by atoms with van der Waals surface area (Å²) in [7, 11) is 0. The molecule has 2 saturated heterocycles. The molecule has 2 aromatic heterocycles. The van der Waals surface area contributed by atoms with Crippen LogP contribution < -0.4 is 10.2 Å². The molecule has 8 heteroatoms. The number of fused-ring (bicyclic) bond motifs is 1. The van der Waals surface area contributed by atoms with Gasteiger partial charge < -0.3 is 10.2 Å². The van der Waals surface area contributed by atoms with Gasteiger partial charge in [-0.2, -0.15) is 5.10 Å². The highest BCUT2D eigenvalue weighted by atomic mass is 16.2. The summed E-state index contributed by atoms with van der Waals surface area (Å²) in [6, 6.07) is 1.84. The molecule has 3 aliphatic rings. The Kier molecular flexibility index (Phi) is 5.65. The van der Waals surface area contributed by atoms with E-state index in [2.05, 4.69) is 43.3 Å². The number of aromatic nitrogens is 4. The number of aryl methyl sites for hydroxylation is 1. The van der Waals surface area contributed by atoms with Gasteiger partial charge in [0.1, 0.15) is 0 Å². The summed E-state index contributed by atoms with van der Waals surface area (Å²) in [5.74, 6) is 1.93. The molecule has 5 rings (SSSR count). The largest absolute Gasteiger partial charge is 0.355 e. The van der Waals surface area contributed by atoms with E-state index in [1.54, 1.807) is 12.4 Å². The lowest BCUT2D eigenvalue weighted by Crippen LogP contribution is -2.48. The minimum atomic E-state index is -0.365. The molecule has 0 bridgehead atoms. The molecule has 0 aromatic carbocycles. The van der Waals surface area contributed by atoms with Crippen LogP contribution in [0.5, 0.6) is 0 Å². The van der Waals surface area contributed by atoms with Crippen LogP contribution >= 0.6 is 0 Å². The van der Waals surface area contributed by atoms with Crippen molar-refractivity contribution in [3.63, 3.8) is 0 Å². The Hall–Kier alpha value is -2.48. The predicted octanol–water partition coefficient (Wildman–Crippen LogP) is 1.94. The van der Waals surface area contributed by atoms with Gasteiger partial charge in [0.2, 0.25) is 11.9 Å². The Balaban J connectivity index is 1.35. The van der Waals surface area contributed by atoms with Crippen molar-refractivity contribution < 1.29 is 4.79 Å². The zero-order chi connectivity index (χ0) is 21.3. The summed E-state index contributed by atoms with van der Waals surface area (Å²) >= 11 is 0. The van der Waals surface area contributed by atoms with E-state index in [9.17, 15) is 4.79 Å². The van der Waals surface area contributed by atoms with E-state index in [0.717, 1.165) is 58.1 Å². The maximum atomic E-state index is 13.6. The fraction of sp³-hybridized carbons (Fsp3) is 0.652. The number of rotatable bonds is 7. The Labute approximate surface area is 184 Å². The Bertz CT molecular complexity index is 896. The number of amides is 1. The number of carbonyl (C=O) groups is 1. The van der Waals surface area contributed by atoms with Crippen molar-refractivity contribution in [2.24, 2.45) is 17.3 Å². The zero-order valence-corrected chi connectivity index (χ0v) is 18.4. The standard InChI is InChI=1S/C23H33N7O/c1-2-30-14-19(12-27-30)13-28-10-3-7-23(21(31)26-11-18-5-6-18)17-29(16-20(23)15-28)22-24-8-4-9-25-22/h4,8-9,12,14,18,20H,2-3,5-7,10-11,13,15-17H2,1H3,(H,26,31)/t20-,23+/m0/s1. The van der Waals surface area contributed by atoms with Crippen molar-refractivity contribution in [3.05, 3.63) is 36.4 Å². The topological polar surface area (TPSA) is 79.2 Å². The molecule has 1 saturated carbocycles. The zero-order valence-electron chi connectivity index (χ0n) is 18.4. The lowest BCUT2D eigenvalue weighted by atomic mass is 9.74. The molecule has 2 aliphatic heterocycles. The molecular formula is C23H33N7O. The molecule has 1 N–H and O–H groups in total. The maximum Gasteiger partial charge on any atom is 0.228 e. The molecule has 1 aliphatic carbocycles. The van der Waals surface area contributed by atoms with E-state index in [-0.39, 0.29) is 17.2 Å². The first-order chi connectivity index (χ1) is 15.2. The van der Waals surface area contributed by atoms with Crippen LogP contribution in [0, 0.1) is 17.3 Å². The van der Waals surface area contributed by atoms with Gasteiger partial charge in [0.05, 0.1) is 11.6 Å². The van der Waals surface area contributed by atoms with Gasteiger partial charge in [-0.3, -0.25) is 14.4 Å². The second-order valence-corrected chi connectivity index (χ2v) is 9.48. The number of anilines is 1. The van der Waals surface area contributed by atoms with Gasteiger partial charge in [-0.05, 0) is 51.1 Å². The highest BCUT2D eigenvalue weighted by molar-refractivity contribution is 5.84. The van der Waals surface area contributed by atoms with Crippen LogP contribution in [0.4, 0.5) is 5.95 Å². The van der Waals surface area contributed by atoms with Crippen LogP contribution in [-0.2, 0) is 17.9 Å². The molecule has 31 heavy (non-hydrogen) atoms. The van der Waals surface area contributed by atoms with Gasteiger partial charge in [0.25, 0.3) is 0 Å². The number of carbonyl (C=O) groups excluding carboxylic acids is 1. The highest BCUT2D eigenvalue weighted by Crippen LogP contribution is 2.44. The maximum absolute atomic E-state index is 13.6. The van der Waals surface area contributed by atoms with Gasteiger partial charge in [-0.15, -0.1) is 0 Å². The highest BCUT2D eigenvalue weighted by Gasteiger charge is 2.53. The molecule has 1 amide bonds. The minimum absolute atomic E-state index is 0.239. The molecular weight excluding hydrogens is 390 g/mol. The average molecular weight is 424 g/mol. The van der Waals surface area contributed by atoms with E-state index in [0.29, 0.717) is 12.5 Å². The van der Waals surface area contributed by atoms with Crippen molar-refractivity contribution in [3.8, 4) is 0 Å². The van der Waals surface area contributed by atoms with E-state index in [1.165, 1.54) is 18.4 Å². The van der Waals surface area contributed by atoms with Crippen LogP contribution in [0.1, 0.15) is 38.2 Å². The fourth-order valence-corrected chi connectivity index (χ4v) is 5.29. The normalized spacial score (nSPS) is 26.5. The third-order valence-electron chi connectivity index (χ3n) is 7.22. The summed E-state index contributed by atoms with van der Waals surface area (Å²) in [5.41, 5.74) is 0.880. The molecule has 166 valence electrons. The third-order valence-corrected chi connectivity index (χ3v) is 7.22. The van der Waals surface area contributed by atoms with Crippen molar-refractivity contribution in [1.82, 2.24) is 30.0 Å². The molecule has 0 spiro atoms. The van der Waals surface area contributed by atoms with E-state index >= 15 is 0 Å². The first-order valence-corrected chi connectivity index (χ1v) is 11.7. The summed E-state index contributed by atoms with van der Waals surface area (Å²) in [4.78, 5) is 27.2. The molecule has 0 unspecified atom stereocenters. The van der Waals surface area contributed by atoms with E-state index in [4.69, 9.17) is 0 Å². The number of hydrogen-bond acceptors (Lipinski definition) is 6. The first-order valence-electron chi connectivity index (χ1n) is 11.7. The fourth-order valence-electron chi connectivity index (χ4n) is 5.29. The molecule has 2 aromatic rings. The monoisotopic (exact) mass is 423 g/mol. The minimum Gasteiger partial charge on any atom is -0.355 e.